The van der Waals surface area contributed by atoms with Gasteiger partial charge in [-0.3, -0.25) is 0 Å². The SMILES string of the molecule is Cc1cc(C)c(C)c(Oc2ccc(S(N)(=O)=O)c(C)c2)c1. The first kappa shape index (κ1) is 15.5. The second kappa shape index (κ2) is 5.50. The van der Waals surface area contributed by atoms with Gasteiger partial charge in [-0.05, 0) is 74.2 Å². The fraction of sp³-hybridized carbons (Fsp3) is 0.250. The van der Waals surface area contributed by atoms with E-state index in [0.717, 1.165) is 22.4 Å². The molecule has 2 N–H and O–H groups in total. The number of hydrogen-bond donors (Lipinski definition) is 1. The first-order valence-electron chi connectivity index (χ1n) is 6.57. The fourth-order valence-electron chi connectivity index (χ4n) is 2.24. The number of benzene rings is 2. The van der Waals surface area contributed by atoms with Gasteiger partial charge in [-0.25, -0.2) is 13.6 Å². The van der Waals surface area contributed by atoms with Crippen molar-refractivity contribution < 1.29 is 13.2 Å². The second-order valence-electron chi connectivity index (χ2n) is 5.28. The van der Waals surface area contributed by atoms with Gasteiger partial charge in [-0.15, -0.1) is 0 Å². The molecular weight excluding hydrogens is 286 g/mol. The van der Waals surface area contributed by atoms with E-state index < -0.39 is 10.0 Å². The van der Waals surface area contributed by atoms with Gasteiger partial charge >= 0.3 is 0 Å². The minimum atomic E-state index is -3.70. The molecule has 21 heavy (non-hydrogen) atoms. The lowest BCUT2D eigenvalue weighted by Crippen LogP contribution is -2.13. The molecule has 112 valence electrons. The van der Waals surface area contributed by atoms with Crippen molar-refractivity contribution in [1.29, 1.82) is 0 Å². The van der Waals surface area contributed by atoms with Crippen LogP contribution in [0, 0.1) is 27.7 Å². The molecule has 0 spiro atoms. The maximum Gasteiger partial charge on any atom is 0.238 e. The summed E-state index contributed by atoms with van der Waals surface area (Å²) in [6.07, 6.45) is 0. The van der Waals surface area contributed by atoms with E-state index >= 15 is 0 Å². The van der Waals surface area contributed by atoms with Gasteiger partial charge in [-0.2, -0.15) is 0 Å². The summed E-state index contributed by atoms with van der Waals surface area (Å²) in [5, 5.41) is 5.16. The van der Waals surface area contributed by atoms with Gasteiger partial charge in [0.05, 0.1) is 4.90 Å². The predicted octanol–water partition coefficient (Wildman–Crippen LogP) is 3.36. The van der Waals surface area contributed by atoms with Gasteiger partial charge in [0, 0.05) is 0 Å². The van der Waals surface area contributed by atoms with Crippen LogP contribution in [0.5, 0.6) is 11.5 Å². The summed E-state index contributed by atoms with van der Waals surface area (Å²) in [4.78, 5) is 0.118. The van der Waals surface area contributed by atoms with E-state index in [2.05, 4.69) is 6.07 Å². The Morgan fingerprint density at radius 2 is 1.62 bits per heavy atom. The molecule has 0 aliphatic carbocycles. The Hall–Kier alpha value is -1.85. The molecule has 0 amide bonds. The van der Waals surface area contributed by atoms with Crippen LogP contribution < -0.4 is 9.88 Å². The highest BCUT2D eigenvalue weighted by Crippen LogP contribution is 2.30. The molecule has 2 aromatic carbocycles. The minimum absolute atomic E-state index is 0.118. The Balaban J connectivity index is 2.40. The molecule has 0 bridgehead atoms. The van der Waals surface area contributed by atoms with E-state index in [1.807, 2.05) is 26.8 Å². The van der Waals surface area contributed by atoms with Crippen LogP contribution in [0.1, 0.15) is 22.3 Å². The van der Waals surface area contributed by atoms with E-state index in [4.69, 9.17) is 9.88 Å². The number of sulfonamides is 1. The number of rotatable bonds is 3. The summed E-state index contributed by atoms with van der Waals surface area (Å²) < 4.78 is 28.7. The number of nitrogens with two attached hydrogens (primary N) is 1. The van der Waals surface area contributed by atoms with Gasteiger partial charge in [0.25, 0.3) is 0 Å². The molecule has 0 aliphatic rings. The Morgan fingerprint density at radius 1 is 0.952 bits per heavy atom. The smallest absolute Gasteiger partial charge is 0.238 e. The van der Waals surface area contributed by atoms with Crippen molar-refractivity contribution in [2.24, 2.45) is 5.14 Å². The molecule has 2 aromatic rings. The lowest BCUT2D eigenvalue weighted by atomic mass is 10.1. The average Bonchev–Trinajstić information content (AvgIpc) is 2.33. The summed E-state index contributed by atoms with van der Waals surface area (Å²) in [7, 11) is -3.70. The fourth-order valence-corrected chi connectivity index (χ4v) is 3.00. The van der Waals surface area contributed by atoms with E-state index in [1.165, 1.54) is 6.07 Å². The van der Waals surface area contributed by atoms with Crippen LogP contribution in [0.4, 0.5) is 0 Å². The summed E-state index contributed by atoms with van der Waals surface area (Å²) in [6, 6.07) is 8.82. The van der Waals surface area contributed by atoms with Gasteiger partial charge < -0.3 is 4.74 Å². The second-order valence-corrected chi connectivity index (χ2v) is 6.81. The Labute approximate surface area is 125 Å². The van der Waals surface area contributed by atoms with Crippen molar-refractivity contribution in [3.05, 3.63) is 52.6 Å². The first-order chi connectivity index (χ1) is 9.68. The minimum Gasteiger partial charge on any atom is -0.457 e. The average molecular weight is 305 g/mol. The Bertz CT molecular complexity index is 795. The van der Waals surface area contributed by atoms with Crippen molar-refractivity contribution in [3.63, 3.8) is 0 Å². The van der Waals surface area contributed by atoms with E-state index in [-0.39, 0.29) is 4.90 Å². The standard InChI is InChI=1S/C16H19NO3S/c1-10-7-11(2)13(4)15(8-10)20-14-5-6-16(12(3)9-14)21(17,18)19/h5-9H,1-4H3,(H2,17,18,19). The monoisotopic (exact) mass is 305 g/mol. The molecule has 0 aromatic heterocycles. The molecule has 0 fully saturated rings. The Morgan fingerprint density at radius 3 is 2.19 bits per heavy atom. The molecule has 0 saturated heterocycles. The number of aryl methyl sites for hydroxylation is 3. The summed E-state index contributed by atoms with van der Waals surface area (Å²) in [5.74, 6) is 1.36. The van der Waals surface area contributed by atoms with Gasteiger partial charge in [0.1, 0.15) is 11.5 Å². The quantitative estimate of drug-likeness (QED) is 0.945. The van der Waals surface area contributed by atoms with Crippen molar-refractivity contribution in [2.75, 3.05) is 0 Å². The zero-order valence-electron chi connectivity index (χ0n) is 12.6. The summed E-state index contributed by atoms with van der Waals surface area (Å²) in [5.41, 5.74) is 3.90. The third-order valence-electron chi connectivity index (χ3n) is 3.44. The third kappa shape index (κ3) is 3.43. The van der Waals surface area contributed by atoms with Crippen molar-refractivity contribution in [2.45, 2.75) is 32.6 Å². The van der Waals surface area contributed by atoms with Gasteiger partial charge in [0.2, 0.25) is 10.0 Å². The molecule has 0 radical (unpaired) electrons. The summed E-state index contributed by atoms with van der Waals surface area (Å²) in [6.45, 7) is 7.73. The largest absolute Gasteiger partial charge is 0.457 e. The maximum atomic E-state index is 11.4. The van der Waals surface area contributed by atoms with E-state index in [9.17, 15) is 8.42 Å². The molecule has 0 heterocycles. The highest BCUT2D eigenvalue weighted by Gasteiger charge is 2.13. The molecule has 0 atom stereocenters. The predicted molar refractivity (Wildman–Crippen MR) is 83.3 cm³/mol. The highest BCUT2D eigenvalue weighted by atomic mass is 32.2. The third-order valence-corrected chi connectivity index (χ3v) is 4.52. The van der Waals surface area contributed by atoms with E-state index in [1.54, 1.807) is 19.1 Å². The maximum absolute atomic E-state index is 11.4. The van der Waals surface area contributed by atoms with Crippen molar-refractivity contribution >= 4 is 10.0 Å². The molecule has 2 rings (SSSR count). The van der Waals surface area contributed by atoms with Gasteiger partial charge in [0.15, 0.2) is 0 Å². The zero-order chi connectivity index (χ0) is 15.8. The number of hydrogen-bond acceptors (Lipinski definition) is 3. The van der Waals surface area contributed by atoms with Crippen molar-refractivity contribution in [1.82, 2.24) is 0 Å². The summed E-state index contributed by atoms with van der Waals surface area (Å²) >= 11 is 0. The Kier molecular flexibility index (Phi) is 4.07. The van der Waals surface area contributed by atoms with E-state index in [0.29, 0.717) is 11.3 Å². The normalized spacial score (nSPS) is 11.5. The highest BCUT2D eigenvalue weighted by molar-refractivity contribution is 7.89. The zero-order valence-corrected chi connectivity index (χ0v) is 13.4. The molecule has 0 saturated carbocycles. The number of primary sulfonamides is 1. The van der Waals surface area contributed by atoms with Crippen LogP contribution in [0.25, 0.3) is 0 Å². The molecular formula is C16H19NO3S. The van der Waals surface area contributed by atoms with Crippen LogP contribution in [-0.2, 0) is 10.0 Å². The molecule has 4 nitrogen and oxygen atoms in total. The van der Waals surface area contributed by atoms with Crippen LogP contribution in [0.2, 0.25) is 0 Å². The van der Waals surface area contributed by atoms with Crippen LogP contribution in [0.15, 0.2) is 35.2 Å². The van der Waals surface area contributed by atoms with Crippen LogP contribution >= 0.6 is 0 Å². The van der Waals surface area contributed by atoms with Crippen LogP contribution in [0.3, 0.4) is 0 Å². The topological polar surface area (TPSA) is 69.4 Å². The van der Waals surface area contributed by atoms with Crippen LogP contribution in [-0.4, -0.2) is 8.42 Å². The lowest BCUT2D eigenvalue weighted by Gasteiger charge is -2.13. The molecule has 0 aliphatic heterocycles. The lowest BCUT2D eigenvalue weighted by molar-refractivity contribution is 0.477. The number of ether oxygens (including phenoxy) is 1. The first-order valence-corrected chi connectivity index (χ1v) is 8.12. The van der Waals surface area contributed by atoms with Gasteiger partial charge in [-0.1, -0.05) is 6.07 Å². The van der Waals surface area contributed by atoms with Crippen molar-refractivity contribution in [3.8, 4) is 11.5 Å². The molecule has 0 unspecified atom stereocenters. The molecule has 5 heteroatoms.